The highest BCUT2D eigenvalue weighted by Gasteiger charge is 2.16. The lowest BCUT2D eigenvalue weighted by Crippen LogP contribution is -2.02. The standard InChI is InChI=1S/C17H14BrFO2/c1-10-7-13(19)6-5-11(10)8-15(20)16-9-12-3-2-4-14(18)17(12)21-16/h2-7,9,15,20H,8H2,1H3. The molecular formula is C17H14BrFO2. The number of aliphatic hydroxyl groups excluding tert-OH is 1. The molecule has 0 aliphatic heterocycles. The summed E-state index contributed by atoms with van der Waals surface area (Å²) in [4.78, 5) is 0. The van der Waals surface area contributed by atoms with Crippen LogP contribution in [0.15, 0.2) is 51.4 Å². The largest absolute Gasteiger partial charge is 0.457 e. The average molecular weight is 349 g/mol. The molecule has 0 fully saturated rings. The van der Waals surface area contributed by atoms with Crippen LogP contribution >= 0.6 is 15.9 Å². The minimum Gasteiger partial charge on any atom is -0.457 e. The normalized spacial score (nSPS) is 12.8. The Labute approximate surface area is 130 Å². The summed E-state index contributed by atoms with van der Waals surface area (Å²) in [6.45, 7) is 1.83. The summed E-state index contributed by atoms with van der Waals surface area (Å²) in [6.07, 6.45) is -0.364. The Balaban J connectivity index is 1.90. The molecule has 0 spiro atoms. The molecule has 1 heterocycles. The maximum absolute atomic E-state index is 13.1. The molecule has 108 valence electrons. The van der Waals surface area contributed by atoms with Gasteiger partial charge in [0.1, 0.15) is 23.3 Å². The monoisotopic (exact) mass is 348 g/mol. The molecule has 0 saturated carbocycles. The van der Waals surface area contributed by atoms with Crippen LogP contribution in [0.5, 0.6) is 0 Å². The van der Waals surface area contributed by atoms with Crippen molar-refractivity contribution in [1.29, 1.82) is 0 Å². The Bertz CT molecular complexity index is 795. The first-order valence-electron chi connectivity index (χ1n) is 6.65. The number of hydrogen-bond acceptors (Lipinski definition) is 2. The molecule has 3 rings (SSSR count). The van der Waals surface area contributed by atoms with Gasteiger partial charge >= 0.3 is 0 Å². The van der Waals surface area contributed by atoms with E-state index in [0.717, 1.165) is 26.6 Å². The van der Waals surface area contributed by atoms with Crippen molar-refractivity contribution in [2.75, 3.05) is 0 Å². The van der Waals surface area contributed by atoms with Gasteiger partial charge in [0.2, 0.25) is 0 Å². The second-order valence-corrected chi connectivity index (χ2v) is 5.95. The number of fused-ring (bicyclic) bond motifs is 1. The molecule has 1 aromatic heterocycles. The van der Waals surface area contributed by atoms with E-state index in [2.05, 4.69) is 15.9 Å². The van der Waals surface area contributed by atoms with Gasteiger partial charge in [-0.3, -0.25) is 0 Å². The van der Waals surface area contributed by atoms with Gasteiger partial charge in [-0.25, -0.2) is 4.39 Å². The Morgan fingerprint density at radius 1 is 1.24 bits per heavy atom. The molecule has 2 nitrogen and oxygen atoms in total. The third-order valence-corrected chi connectivity index (χ3v) is 4.19. The van der Waals surface area contributed by atoms with E-state index in [9.17, 15) is 9.50 Å². The number of benzene rings is 2. The molecule has 0 bridgehead atoms. The predicted molar refractivity (Wildman–Crippen MR) is 83.7 cm³/mol. The van der Waals surface area contributed by atoms with Crippen molar-refractivity contribution in [2.45, 2.75) is 19.4 Å². The Morgan fingerprint density at radius 2 is 2.05 bits per heavy atom. The molecule has 1 unspecified atom stereocenters. The number of rotatable bonds is 3. The van der Waals surface area contributed by atoms with Crippen molar-refractivity contribution in [3.8, 4) is 0 Å². The van der Waals surface area contributed by atoms with Crippen molar-refractivity contribution in [3.05, 3.63) is 69.6 Å². The average Bonchev–Trinajstić information content (AvgIpc) is 2.87. The number of hydrogen-bond donors (Lipinski definition) is 1. The molecule has 0 radical (unpaired) electrons. The first kappa shape index (κ1) is 14.3. The maximum atomic E-state index is 13.1. The highest BCUT2D eigenvalue weighted by Crippen LogP contribution is 2.31. The SMILES string of the molecule is Cc1cc(F)ccc1CC(O)c1cc2cccc(Br)c2o1. The number of halogens is 2. The Morgan fingerprint density at radius 3 is 2.76 bits per heavy atom. The van der Waals surface area contributed by atoms with E-state index in [-0.39, 0.29) is 5.82 Å². The van der Waals surface area contributed by atoms with Crippen LogP contribution in [-0.2, 0) is 6.42 Å². The third kappa shape index (κ3) is 2.87. The van der Waals surface area contributed by atoms with Gasteiger partial charge in [-0.2, -0.15) is 0 Å². The van der Waals surface area contributed by atoms with Gasteiger partial charge in [-0.15, -0.1) is 0 Å². The Hall–Kier alpha value is -1.65. The van der Waals surface area contributed by atoms with Crippen molar-refractivity contribution < 1.29 is 13.9 Å². The summed E-state index contributed by atoms with van der Waals surface area (Å²) in [6, 6.07) is 12.2. The fourth-order valence-electron chi connectivity index (χ4n) is 2.41. The van der Waals surface area contributed by atoms with Crippen LogP contribution in [0.3, 0.4) is 0 Å². The number of furan rings is 1. The lowest BCUT2D eigenvalue weighted by molar-refractivity contribution is 0.152. The summed E-state index contributed by atoms with van der Waals surface area (Å²) >= 11 is 3.43. The zero-order valence-corrected chi connectivity index (χ0v) is 13.0. The van der Waals surface area contributed by atoms with E-state index in [0.29, 0.717) is 12.2 Å². The summed E-state index contributed by atoms with van der Waals surface area (Å²) < 4.78 is 19.7. The van der Waals surface area contributed by atoms with Crippen molar-refractivity contribution in [2.24, 2.45) is 0 Å². The Kier molecular flexibility index (Phi) is 3.83. The molecule has 0 aliphatic rings. The fraction of sp³-hybridized carbons (Fsp3) is 0.176. The molecule has 0 aliphatic carbocycles. The molecule has 0 amide bonds. The summed E-state index contributed by atoms with van der Waals surface area (Å²) in [5.74, 6) is 0.249. The zero-order chi connectivity index (χ0) is 15.0. The van der Waals surface area contributed by atoms with Gasteiger partial charge in [0, 0.05) is 11.8 Å². The highest BCUT2D eigenvalue weighted by atomic mass is 79.9. The van der Waals surface area contributed by atoms with E-state index in [1.807, 2.05) is 31.2 Å². The zero-order valence-electron chi connectivity index (χ0n) is 11.4. The molecule has 1 N–H and O–H groups in total. The fourth-order valence-corrected chi connectivity index (χ4v) is 2.87. The third-order valence-electron chi connectivity index (χ3n) is 3.56. The van der Waals surface area contributed by atoms with Crippen LogP contribution in [0.4, 0.5) is 4.39 Å². The van der Waals surface area contributed by atoms with Gasteiger partial charge in [0.05, 0.1) is 4.47 Å². The molecule has 3 aromatic rings. The summed E-state index contributed by atoms with van der Waals surface area (Å²) in [5.41, 5.74) is 2.46. The van der Waals surface area contributed by atoms with Gasteiger partial charge in [-0.05, 0) is 58.2 Å². The van der Waals surface area contributed by atoms with Gasteiger partial charge in [0.25, 0.3) is 0 Å². The maximum Gasteiger partial charge on any atom is 0.148 e. The first-order chi connectivity index (χ1) is 10.0. The minimum atomic E-state index is -0.756. The predicted octanol–water partition coefficient (Wildman–Crippen LogP) is 4.92. The van der Waals surface area contributed by atoms with Crippen LogP contribution in [-0.4, -0.2) is 5.11 Å². The molecule has 0 saturated heterocycles. The van der Waals surface area contributed by atoms with Crippen LogP contribution in [0.2, 0.25) is 0 Å². The number of aryl methyl sites for hydroxylation is 1. The lowest BCUT2D eigenvalue weighted by Gasteiger charge is -2.10. The van der Waals surface area contributed by atoms with E-state index < -0.39 is 6.10 Å². The summed E-state index contributed by atoms with van der Waals surface area (Å²) in [7, 11) is 0. The second-order valence-electron chi connectivity index (χ2n) is 5.10. The van der Waals surface area contributed by atoms with Gasteiger partial charge < -0.3 is 9.52 Å². The molecule has 4 heteroatoms. The molecular weight excluding hydrogens is 335 g/mol. The molecule has 2 aromatic carbocycles. The van der Waals surface area contributed by atoms with Crippen molar-refractivity contribution >= 4 is 26.9 Å². The van der Waals surface area contributed by atoms with Crippen LogP contribution in [0.1, 0.15) is 23.0 Å². The van der Waals surface area contributed by atoms with Gasteiger partial charge in [0.15, 0.2) is 0 Å². The lowest BCUT2D eigenvalue weighted by atomic mass is 10.0. The van der Waals surface area contributed by atoms with Crippen molar-refractivity contribution in [1.82, 2.24) is 0 Å². The van der Waals surface area contributed by atoms with Gasteiger partial charge in [-0.1, -0.05) is 18.2 Å². The second kappa shape index (κ2) is 5.62. The van der Waals surface area contributed by atoms with Crippen LogP contribution < -0.4 is 0 Å². The number of aliphatic hydroxyl groups is 1. The van der Waals surface area contributed by atoms with Crippen LogP contribution in [0.25, 0.3) is 11.0 Å². The van der Waals surface area contributed by atoms with E-state index in [1.54, 1.807) is 6.07 Å². The topological polar surface area (TPSA) is 33.4 Å². The highest BCUT2D eigenvalue weighted by molar-refractivity contribution is 9.10. The minimum absolute atomic E-state index is 0.265. The smallest absolute Gasteiger partial charge is 0.148 e. The molecule has 21 heavy (non-hydrogen) atoms. The van der Waals surface area contributed by atoms with E-state index >= 15 is 0 Å². The van der Waals surface area contributed by atoms with Crippen LogP contribution in [0, 0.1) is 12.7 Å². The number of para-hydroxylation sites is 1. The van der Waals surface area contributed by atoms with E-state index in [4.69, 9.17) is 4.42 Å². The summed E-state index contributed by atoms with van der Waals surface area (Å²) in [5, 5.41) is 11.3. The molecule has 1 atom stereocenters. The quantitative estimate of drug-likeness (QED) is 0.728. The first-order valence-corrected chi connectivity index (χ1v) is 7.45. The van der Waals surface area contributed by atoms with E-state index in [1.165, 1.54) is 12.1 Å². The van der Waals surface area contributed by atoms with Crippen molar-refractivity contribution in [3.63, 3.8) is 0 Å².